The zero-order chi connectivity index (χ0) is 28.5. The summed E-state index contributed by atoms with van der Waals surface area (Å²) in [4.78, 5) is 41.5. The minimum atomic E-state index is -0.446. The first-order valence-corrected chi connectivity index (χ1v) is 14.1. The Labute approximate surface area is 236 Å². The molecule has 0 aliphatic carbocycles. The van der Waals surface area contributed by atoms with Crippen LogP contribution in [0.2, 0.25) is 0 Å². The number of rotatable bonds is 11. The fourth-order valence-corrected chi connectivity index (χ4v) is 5.41. The van der Waals surface area contributed by atoms with Gasteiger partial charge in [-0.05, 0) is 67.3 Å². The predicted octanol–water partition coefficient (Wildman–Crippen LogP) is 7.87. The van der Waals surface area contributed by atoms with Crippen molar-refractivity contribution in [1.29, 1.82) is 0 Å². The molecule has 0 N–H and O–H groups in total. The van der Waals surface area contributed by atoms with Gasteiger partial charge in [-0.15, -0.1) is 0 Å². The van der Waals surface area contributed by atoms with E-state index in [1.807, 2.05) is 59.5 Å². The zero-order valence-electron chi connectivity index (χ0n) is 23.2. The molecule has 2 atom stereocenters. The lowest BCUT2D eigenvalue weighted by molar-refractivity contribution is -0.384. The number of hydrogen-bond donors (Lipinski definition) is 0. The van der Waals surface area contributed by atoms with Crippen LogP contribution in [-0.2, 0) is 9.59 Å². The van der Waals surface area contributed by atoms with Crippen molar-refractivity contribution in [2.45, 2.75) is 70.9 Å². The van der Waals surface area contributed by atoms with Crippen LogP contribution in [0, 0.1) is 10.1 Å². The Balaban J connectivity index is 1.62. The molecule has 0 saturated heterocycles. The minimum absolute atomic E-state index is 0.00208. The number of fused-ring (bicyclic) bond motifs is 1. The van der Waals surface area contributed by atoms with E-state index in [1.54, 1.807) is 23.1 Å². The smallest absolute Gasteiger partial charge is 0.269 e. The van der Waals surface area contributed by atoms with Gasteiger partial charge in [-0.3, -0.25) is 19.7 Å². The molecule has 208 valence electrons. The van der Waals surface area contributed by atoms with Crippen LogP contribution in [0.4, 0.5) is 17.1 Å². The van der Waals surface area contributed by atoms with Gasteiger partial charge in [-0.25, -0.2) is 0 Å². The molecule has 0 bridgehead atoms. The molecule has 0 spiro atoms. The summed E-state index contributed by atoms with van der Waals surface area (Å²) in [5, 5.41) is 11.0. The zero-order valence-corrected chi connectivity index (χ0v) is 23.2. The second kappa shape index (κ2) is 13.7. The van der Waals surface area contributed by atoms with Crippen molar-refractivity contribution in [3.8, 4) is 0 Å². The highest BCUT2D eigenvalue weighted by molar-refractivity contribution is 6.05. The molecule has 1 aliphatic rings. The average Bonchev–Trinajstić information content (AvgIpc) is 2.97. The van der Waals surface area contributed by atoms with E-state index in [9.17, 15) is 19.7 Å². The fourth-order valence-electron chi connectivity index (χ4n) is 5.41. The van der Waals surface area contributed by atoms with E-state index in [0.717, 1.165) is 36.2 Å². The van der Waals surface area contributed by atoms with Crippen LogP contribution >= 0.6 is 0 Å². The lowest BCUT2D eigenvalue weighted by Gasteiger charge is -2.43. The maximum absolute atomic E-state index is 13.8. The van der Waals surface area contributed by atoms with Crippen LogP contribution in [0.1, 0.15) is 76.0 Å². The standard InChI is InChI=1S/C33H37N3O4/c1-3-4-5-6-10-17-32(37)34-25(2)24-31(29-15-11-12-16-30(29)34)35(27-13-8-7-9-14-27)33(38)23-20-26-18-21-28(22-19-26)36(39)40/h7-9,11-16,18-23,25,31H,3-6,10,17,24H2,1-2H3/b23-20+/t25-,31-/m0/s1. The Kier molecular flexibility index (Phi) is 9.84. The number of non-ortho nitro benzene ring substituents is 1. The van der Waals surface area contributed by atoms with E-state index in [-0.39, 0.29) is 29.6 Å². The number of nitro groups is 1. The van der Waals surface area contributed by atoms with Crippen molar-refractivity contribution in [2.75, 3.05) is 9.80 Å². The van der Waals surface area contributed by atoms with Gasteiger partial charge in [-0.1, -0.05) is 69.0 Å². The molecule has 1 heterocycles. The molecule has 7 heteroatoms. The number of unbranched alkanes of at least 4 members (excludes halogenated alkanes) is 4. The van der Waals surface area contributed by atoms with E-state index < -0.39 is 4.92 Å². The Bertz CT molecular complexity index is 1340. The second-order valence-electron chi connectivity index (χ2n) is 10.3. The third kappa shape index (κ3) is 6.84. The van der Waals surface area contributed by atoms with Crippen molar-refractivity contribution in [2.24, 2.45) is 0 Å². The summed E-state index contributed by atoms with van der Waals surface area (Å²) in [6.45, 7) is 4.24. The molecule has 7 nitrogen and oxygen atoms in total. The molecular formula is C33H37N3O4. The predicted molar refractivity (Wildman–Crippen MR) is 160 cm³/mol. The van der Waals surface area contributed by atoms with Crippen LogP contribution in [0.25, 0.3) is 6.08 Å². The summed E-state index contributed by atoms with van der Waals surface area (Å²) in [6, 6.07) is 23.2. The molecule has 0 unspecified atom stereocenters. The largest absolute Gasteiger partial charge is 0.309 e. The number of hydrogen-bond acceptors (Lipinski definition) is 4. The molecule has 3 aromatic rings. The topological polar surface area (TPSA) is 83.8 Å². The molecule has 3 aromatic carbocycles. The molecule has 0 aromatic heterocycles. The minimum Gasteiger partial charge on any atom is -0.309 e. The summed E-state index contributed by atoms with van der Waals surface area (Å²) in [6.07, 6.45) is 9.77. The van der Waals surface area contributed by atoms with Crippen molar-refractivity contribution in [1.82, 2.24) is 0 Å². The quantitative estimate of drug-likeness (QED) is 0.107. The van der Waals surface area contributed by atoms with Crippen LogP contribution in [0.15, 0.2) is 84.9 Å². The molecule has 40 heavy (non-hydrogen) atoms. The van der Waals surface area contributed by atoms with Gasteiger partial charge in [0.2, 0.25) is 5.91 Å². The summed E-state index contributed by atoms with van der Waals surface area (Å²) in [7, 11) is 0. The summed E-state index contributed by atoms with van der Waals surface area (Å²) < 4.78 is 0. The van der Waals surface area contributed by atoms with Gasteiger partial charge in [0.25, 0.3) is 11.6 Å². The number of amides is 2. The highest BCUT2D eigenvalue weighted by Gasteiger charge is 2.37. The number of nitro benzene ring substituents is 1. The molecule has 0 fully saturated rings. The highest BCUT2D eigenvalue weighted by atomic mass is 16.6. The Morgan fingerprint density at radius 2 is 1.62 bits per heavy atom. The number of para-hydroxylation sites is 2. The number of carbonyl (C=O) groups excluding carboxylic acids is 2. The Morgan fingerprint density at radius 3 is 2.33 bits per heavy atom. The van der Waals surface area contributed by atoms with Crippen LogP contribution in [0.5, 0.6) is 0 Å². The molecule has 0 radical (unpaired) electrons. The SMILES string of the molecule is CCCCCCCC(=O)N1c2ccccc2[C@@H](N(C(=O)/C=C/c2ccc([N+](=O)[O-])cc2)c2ccccc2)C[C@@H]1C. The van der Waals surface area contributed by atoms with Gasteiger partial charge in [-0.2, -0.15) is 0 Å². The molecule has 4 rings (SSSR count). The van der Waals surface area contributed by atoms with E-state index in [1.165, 1.54) is 31.1 Å². The summed E-state index contributed by atoms with van der Waals surface area (Å²) in [5.74, 6) is -0.0715. The van der Waals surface area contributed by atoms with Gasteiger partial charge in [0.1, 0.15) is 0 Å². The van der Waals surface area contributed by atoms with E-state index in [2.05, 4.69) is 13.8 Å². The summed E-state index contributed by atoms with van der Waals surface area (Å²) >= 11 is 0. The van der Waals surface area contributed by atoms with Crippen molar-refractivity contribution >= 4 is 35.0 Å². The monoisotopic (exact) mass is 539 g/mol. The van der Waals surface area contributed by atoms with Gasteiger partial charge >= 0.3 is 0 Å². The number of nitrogens with zero attached hydrogens (tertiary/aromatic N) is 3. The molecule has 2 amide bonds. The summed E-state index contributed by atoms with van der Waals surface area (Å²) in [5.41, 5.74) is 3.27. The normalized spacial score (nSPS) is 16.5. The van der Waals surface area contributed by atoms with Crippen molar-refractivity contribution < 1.29 is 14.5 Å². The van der Waals surface area contributed by atoms with Crippen molar-refractivity contribution in [3.05, 3.63) is 106 Å². The maximum atomic E-state index is 13.8. The van der Waals surface area contributed by atoms with E-state index >= 15 is 0 Å². The second-order valence-corrected chi connectivity index (χ2v) is 10.3. The lowest BCUT2D eigenvalue weighted by atomic mass is 9.89. The van der Waals surface area contributed by atoms with Crippen LogP contribution in [0.3, 0.4) is 0 Å². The number of carbonyl (C=O) groups is 2. The molecular weight excluding hydrogens is 502 g/mol. The molecule has 0 saturated carbocycles. The van der Waals surface area contributed by atoms with Crippen LogP contribution < -0.4 is 9.80 Å². The highest BCUT2D eigenvalue weighted by Crippen LogP contribution is 2.42. The first-order chi connectivity index (χ1) is 19.4. The van der Waals surface area contributed by atoms with Gasteiger partial charge < -0.3 is 9.80 Å². The van der Waals surface area contributed by atoms with Crippen molar-refractivity contribution in [3.63, 3.8) is 0 Å². The van der Waals surface area contributed by atoms with Crippen LogP contribution in [-0.4, -0.2) is 22.8 Å². The van der Waals surface area contributed by atoms with E-state index in [0.29, 0.717) is 18.4 Å². The number of benzene rings is 3. The van der Waals surface area contributed by atoms with E-state index in [4.69, 9.17) is 0 Å². The first-order valence-electron chi connectivity index (χ1n) is 14.1. The fraction of sp³-hybridized carbons (Fsp3) is 0.333. The molecule has 1 aliphatic heterocycles. The van der Waals surface area contributed by atoms with Gasteiger partial charge in [0.15, 0.2) is 0 Å². The number of anilines is 2. The van der Waals surface area contributed by atoms with Gasteiger partial charge in [0.05, 0.1) is 11.0 Å². The first kappa shape index (κ1) is 28.7. The van der Waals surface area contributed by atoms with Gasteiger partial charge in [0, 0.05) is 42.0 Å². The Morgan fingerprint density at radius 1 is 0.950 bits per heavy atom. The third-order valence-electron chi connectivity index (χ3n) is 7.43. The Hall–Kier alpha value is -4.26. The average molecular weight is 540 g/mol. The maximum Gasteiger partial charge on any atom is 0.269 e. The third-order valence-corrected chi connectivity index (χ3v) is 7.43. The lowest BCUT2D eigenvalue weighted by Crippen LogP contribution is -2.47.